The van der Waals surface area contributed by atoms with E-state index in [1.165, 1.54) is 12.1 Å². The van der Waals surface area contributed by atoms with Crippen LogP contribution in [-0.4, -0.2) is 15.9 Å². The number of aromatic nitrogens is 2. The van der Waals surface area contributed by atoms with Crippen molar-refractivity contribution in [2.24, 2.45) is 0 Å². The van der Waals surface area contributed by atoms with Crippen molar-refractivity contribution in [2.75, 3.05) is 16.0 Å². The number of nitrogens with zero attached hydrogens (tertiary/aromatic N) is 2. The molecule has 2 aromatic heterocycles. The van der Waals surface area contributed by atoms with E-state index in [4.69, 9.17) is 0 Å². The Morgan fingerprint density at radius 1 is 0.676 bits per heavy atom. The summed E-state index contributed by atoms with van der Waals surface area (Å²) in [4.78, 5) is 21.0. The summed E-state index contributed by atoms with van der Waals surface area (Å²) in [5.74, 6) is 0.0122. The average molecular weight is 449 g/mol. The number of carbonyl (C=O) groups is 1. The van der Waals surface area contributed by atoms with Gasteiger partial charge in [-0.1, -0.05) is 6.07 Å². The maximum absolute atomic E-state index is 13.7. The maximum Gasteiger partial charge on any atom is 0.255 e. The fraction of sp³-hybridized carbons (Fsp3) is 0. The Bertz CT molecular complexity index is 1440. The van der Waals surface area contributed by atoms with Crippen LogP contribution in [0, 0.1) is 5.82 Å². The summed E-state index contributed by atoms with van der Waals surface area (Å²) >= 11 is 0. The largest absolute Gasteiger partial charge is 0.355 e. The smallest absolute Gasteiger partial charge is 0.255 e. The summed E-state index contributed by atoms with van der Waals surface area (Å²) in [7, 11) is 0. The van der Waals surface area contributed by atoms with Gasteiger partial charge >= 0.3 is 0 Å². The second-order valence-electron chi connectivity index (χ2n) is 7.62. The Balaban J connectivity index is 1.24. The number of anilines is 5. The molecule has 0 bridgehead atoms. The molecule has 3 N–H and O–H groups in total. The first kappa shape index (κ1) is 21.1. The highest BCUT2D eigenvalue weighted by Crippen LogP contribution is 2.25. The number of rotatable bonds is 6. The molecule has 0 unspecified atom stereocenters. The fourth-order valence-electron chi connectivity index (χ4n) is 3.52. The predicted molar refractivity (Wildman–Crippen MR) is 133 cm³/mol. The Morgan fingerprint density at radius 2 is 1.32 bits per heavy atom. The van der Waals surface area contributed by atoms with Gasteiger partial charge in [0.05, 0.1) is 0 Å². The molecule has 5 rings (SSSR count). The predicted octanol–water partition coefficient (Wildman–Crippen LogP) is 6.51. The van der Waals surface area contributed by atoms with E-state index < -0.39 is 0 Å². The van der Waals surface area contributed by atoms with Crippen LogP contribution >= 0.6 is 0 Å². The molecular formula is C27H20FN5O. The fourth-order valence-corrected chi connectivity index (χ4v) is 3.52. The van der Waals surface area contributed by atoms with Gasteiger partial charge in [0.25, 0.3) is 5.91 Å². The molecule has 0 saturated carbocycles. The van der Waals surface area contributed by atoms with Crippen molar-refractivity contribution >= 4 is 45.2 Å². The molecule has 0 spiro atoms. The number of amides is 1. The first-order valence-corrected chi connectivity index (χ1v) is 10.6. The van der Waals surface area contributed by atoms with Crippen LogP contribution in [0.15, 0.2) is 104 Å². The van der Waals surface area contributed by atoms with Crippen molar-refractivity contribution in [1.82, 2.24) is 9.97 Å². The normalized spacial score (nSPS) is 10.6. The Kier molecular flexibility index (Phi) is 5.82. The number of fused-ring (bicyclic) bond motifs is 1. The summed E-state index contributed by atoms with van der Waals surface area (Å²) in [5, 5.41) is 10.9. The van der Waals surface area contributed by atoms with E-state index in [1.54, 1.807) is 48.9 Å². The van der Waals surface area contributed by atoms with Gasteiger partial charge < -0.3 is 16.0 Å². The van der Waals surface area contributed by atoms with Gasteiger partial charge in [0, 0.05) is 52.3 Å². The minimum absolute atomic E-state index is 0.216. The molecule has 3 aromatic carbocycles. The lowest BCUT2D eigenvalue weighted by Crippen LogP contribution is -2.11. The number of benzene rings is 3. The molecule has 0 radical (unpaired) electrons. The molecular weight excluding hydrogens is 429 g/mol. The van der Waals surface area contributed by atoms with E-state index >= 15 is 0 Å². The van der Waals surface area contributed by atoms with E-state index in [2.05, 4.69) is 25.9 Å². The van der Waals surface area contributed by atoms with Crippen LogP contribution in [0.3, 0.4) is 0 Å². The van der Waals surface area contributed by atoms with Crippen LogP contribution < -0.4 is 16.0 Å². The minimum atomic E-state index is -0.322. The highest BCUT2D eigenvalue weighted by atomic mass is 19.1. The van der Waals surface area contributed by atoms with Crippen molar-refractivity contribution in [3.8, 4) is 0 Å². The quantitative estimate of drug-likeness (QED) is 0.275. The van der Waals surface area contributed by atoms with Gasteiger partial charge in [-0.3, -0.25) is 9.78 Å². The molecule has 5 aromatic rings. The van der Waals surface area contributed by atoms with Crippen LogP contribution in [0.25, 0.3) is 10.8 Å². The van der Waals surface area contributed by atoms with Gasteiger partial charge in [0.15, 0.2) is 0 Å². The van der Waals surface area contributed by atoms with Crippen LogP contribution in [0.2, 0.25) is 0 Å². The topological polar surface area (TPSA) is 78.9 Å². The van der Waals surface area contributed by atoms with Gasteiger partial charge in [-0.15, -0.1) is 0 Å². The lowest BCUT2D eigenvalue weighted by molar-refractivity contribution is 0.102. The third-order valence-corrected chi connectivity index (χ3v) is 5.25. The molecule has 0 fully saturated rings. The Labute approximate surface area is 195 Å². The highest BCUT2D eigenvalue weighted by Gasteiger charge is 2.08. The van der Waals surface area contributed by atoms with Crippen molar-refractivity contribution in [1.29, 1.82) is 0 Å². The van der Waals surface area contributed by atoms with E-state index in [9.17, 15) is 9.18 Å². The van der Waals surface area contributed by atoms with Crippen LogP contribution in [-0.2, 0) is 0 Å². The molecule has 0 atom stereocenters. The molecule has 166 valence electrons. The van der Waals surface area contributed by atoms with Gasteiger partial charge in [-0.25, -0.2) is 9.37 Å². The van der Waals surface area contributed by atoms with Gasteiger partial charge in [0.2, 0.25) is 0 Å². The molecule has 2 heterocycles. The number of pyridine rings is 2. The molecule has 34 heavy (non-hydrogen) atoms. The number of halogens is 1. The lowest BCUT2D eigenvalue weighted by atomic mass is 10.1. The van der Waals surface area contributed by atoms with E-state index in [0.717, 1.165) is 22.4 Å². The molecule has 0 aliphatic carbocycles. The lowest BCUT2D eigenvalue weighted by Gasteiger charge is -2.11. The van der Waals surface area contributed by atoms with Crippen molar-refractivity contribution in [3.63, 3.8) is 0 Å². The zero-order valence-corrected chi connectivity index (χ0v) is 18.0. The summed E-state index contributed by atoms with van der Waals surface area (Å²) < 4.78 is 13.7. The third-order valence-electron chi connectivity index (χ3n) is 5.25. The number of hydrogen-bond acceptors (Lipinski definition) is 5. The zero-order chi connectivity index (χ0) is 23.3. The average Bonchev–Trinajstić information content (AvgIpc) is 2.87. The Hall–Kier alpha value is -4.78. The first-order valence-electron chi connectivity index (χ1n) is 10.6. The number of carbonyl (C=O) groups excluding carboxylic acids is 1. The SMILES string of the molecule is O=C(Nc1ccc(Nc2ccncc2)cc1)c1ccc(Nc2nccc3ccc(F)cc23)cc1. The number of nitrogens with one attached hydrogen (secondary N) is 3. The highest BCUT2D eigenvalue weighted by molar-refractivity contribution is 6.04. The van der Waals surface area contributed by atoms with Crippen molar-refractivity contribution in [2.45, 2.75) is 0 Å². The van der Waals surface area contributed by atoms with Crippen LogP contribution in [0.4, 0.5) is 33.0 Å². The second kappa shape index (κ2) is 9.38. The molecule has 7 heteroatoms. The van der Waals surface area contributed by atoms with E-state index in [-0.39, 0.29) is 11.7 Å². The second-order valence-corrected chi connectivity index (χ2v) is 7.62. The van der Waals surface area contributed by atoms with Crippen molar-refractivity contribution < 1.29 is 9.18 Å². The van der Waals surface area contributed by atoms with Crippen LogP contribution in [0.1, 0.15) is 10.4 Å². The first-order chi connectivity index (χ1) is 16.6. The minimum Gasteiger partial charge on any atom is -0.355 e. The zero-order valence-electron chi connectivity index (χ0n) is 18.0. The summed E-state index contributed by atoms with van der Waals surface area (Å²) in [6.07, 6.45) is 5.11. The molecule has 6 nitrogen and oxygen atoms in total. The van der Waals surface area contributed by atoms with Crippen molar-refractivity contribution in [3.05, 3.63) is 115 Å². The van der Waals surface area contributed by atoms with Gasteiger partial charge in [-0.05, 0) is 84.2 Å². The standard InChI is InChI=1S/C27H20FN5O/c28-20-4-1-18-11-16-30-26(25(18)17-20)32-22-5-2-19(3-6-22)27(34)33-23-9-7-21(8-10-23)31-24-12-14-29-15-13-24/h1-17H,(H,29,31)(H,30,32)(H,33,34). The third kappa shape index (κ3) is 4.83. The van der Waals surface area contributed by atoms with E-state index in [0.29, 0.717) is 22.5 Å². The monoisotopic (exact) mass is 449 g/mol. The molecule has 1 amide bonds. The summed E-state index contributed by atoms with van der Waals surface area (Å²) in [6, 6.07) is 24.7. The Morgan fingerprint density at radius 3 is 2.09 bits per heavy atom. The van der Waals surface area contributed by atoms with Gasteiger partial charge in [0.1, 0.15) is 11.6 Å². The number of hydrogen-bond donors (Lipinski definition) is 3. The van der Waals surface area contributed by atoms with Gasteiger partial charge in [-0.2, -0.15) is 0 Å². The van der Waals surface area contributed by atoms with Crippen LogP contribution in [0.5, 0.6) is 0 Å². The molecule has 0 aliphatic heterocycles. The molecule has 0 aliphatic rings. The summed E-state index contributed by atoms with van der Waals surface area (Å²) in [6.45, 7) is 0. The van der Waals surface area contributed by atoms with E-state index in [1.807, 2.05) is 42.5 Å². The summed E-state index contributed by atoms with van der Waals surface area (Å²) in [5.41, 5.74) is 3.79. The maximum atomic E-state index is 13.7. The molecule has 0 saturated heterocycles.